The molecule has 0 fully saturated rings. The predicted octanol–water partition coefficient (Wildman–Crippen LogP) is 3.72. The summed E-state index contributed by atoms with van der Waals surface area (Å²) >= 11 is 0. The maximum absolute atomic E-state index is 12.7. The van der Waals surface area contributed by atoms with E-state index in [4.69, 9.17) is 4.42 Å². The van der Waals surface area contributed by atoms with Gasteiger partial charge in [-0.05, 0) is 38.5 Å². The zero-order chi connectivity index (χ0) is 17.6. The van der Waals surface area contributed by atoms with E-state index >= 15 is 0 Å². The molecule has 0 aliphatic heterocycles. The lowest BCUT2D eigenvalue weighted by atomic mass is 10.0. The molecule has 2 heterocycles. The third kappa shape index (κ3) is 2.40. The van der Waals surface area contributed by atoms with Crippen LogP contribution in [0, 0.1) is 24.0 Å². The van der Waals surface area contributed by atoms with Gasteiger partial charge in [-0.1, -0.05) is 0 Å². The van der Waals surface area contributed by atoms with Gasteiger partial charge in [0, 0.05) is 28.8 Å². The average Bonchev–Trinajstić information content (AvgIpc) is 3.06. The van der Waals surface area contributed by atoms with Crippen LogP contribution >= 0.6 is 0 Å². The molecule has 0 spiro atoms. The molecule has 0 bridgehead atoms. The molecule has 0 unspecified atom stereocenters. The fourth-order valence-corrected chi connectivity index (χ4v) is 2.88. The summed E-state index contributed by atoms with van der Waals surface area (Å²) < 4.78 is 5.51. The third-order valence-corrected chi connectivity index (χ3v) is 3.95. The Bertz CT molecular complexity index is 1010. The van der Waals surface area contributed by atoms with Crippen LogP contribution in [0.1, 0.15) is 44.8 Å². The van der Waals surface area contributed by atoms with Gasteiger partial charge < -0.3 is 9.40 Å². The lowest BCUT2D eigenvalue weighted by Crippen LogP contribution is -2.03. The summed E-state index contributed by atoms with van der Waals surface area (Å²) in [5.41, 5.74) is 2.27. The number of nitrogens with one attached hydrogen (secondary N) is 1. The minimum absolute atomic E-state index is 0.0601. The van der Waals surface area contributed by atoms with Gasteiger partial charge in [0.15, 0.2) is 11.5 Å². The highest BCUT2D eigenvalue weighted by molar-refractivity contribution is 6.11. The summed E-state index contributed by atoms with van der Waals surface area (Å²) in [5.74, 6) is -0.465. The van der Waals surface area contributed by atoms with E-state index in [2.05, 4.69) is 4.98 Å². The van der Waals surface area contributed by atoms with Crippen molar-refractivity contribution in [1.29, 1.82) is 0 Å². The van der Waals surface area contributed by atoms with Gasteiger partial charge in [0.1, 0.15) is 5.58 Å². The molecule has 0 aliphatic carbocycles. The molecular weight excluding hydrogens is 312 g/mol. The van der Waals surface area contributed by atoms with Crippen LogP contribution < -0.4 is 0 Å². The molecule has 0 saturated carbocycles. The first-order valence-corrected chi connectivity index (χ1v) is 7.22. The van der Waals surface area contributed by atoms with E-state index in [-0.39, 0.29) is 22.9 Å². The quantitative estimate of drug-likeness (QED) is 0.447. The number of nitro groups is 1. The minimum atomic E-state index is -0.508. The average molecular weight is 326 g/mol. The van der Waals surface area contributed by atoms with E-state index in [1.807, 2.05) is 0 Å². The molecule has 0 atom stereocenters. The number of rotatable bonds is 4. The maximum atomic E-state index is 12.7. The normalized spacial score (nSPS) is 11.0. The van der Waals surface area contributed by atoms with Crippen LogP contribution in [0.5, 0.6) is 0 Å². The van der Waals surface area contributed by atoms with Crippen LogP contribution in [0.3, 0.4) is 0 Å². The molecule has 3 rings (SSSR count). The molecule has 3 aromatic rings. The van der Waals surface area contributed by atoms with Gasteiger partial charge in [-0.3, -0.25) is 19.7 Å². The molecule has 122 valence electrons. The molecule has 0 aliphatic rings. The van der Waals surface area contributed by atoms with Crippen molar-refractivity contribution in [3.8, 4) is 0 Å². The Balaban J connectivity index is 2.08. The summed E-state index contributed by atoms with van der Waals surface area (Å²) in [5, 5.41) is 11.3. The van der Waals surface area contributed by atoms with E-state index in [0.717, 1.165) is 0 Å². The highest BCUT2D eigenvalue weighted by atomic mass is 16.6. The van der Waals surface area contributed by atoms with E-state index < -0.39 is 10.7 Å². The van der Waals surface area contributed by atoms with Crippen LogP contribution in [0.25, 0.3) is 11.0 Å². The van der Waals surface area contributed by atoms with Crippen LogP contribution in [-0.2, 0) is 0 Å². The predicted molar refractivity (Wildman–Crippen MR) is 86.6 cm³/mol. The Hall–Kier alpha value is -3.22. The monoisotopic (exact) mass is 326 g/mol. The van der Waals surface area contributed by atoms with Gasteiger partial charge in [0.05, 0.1) is 10.6 Å². The number of fused-ring (bicyclic) bond motifs is 1. The molecule has 0 amide bonds. The minimum Gasteiger partial charge on any atom is -0.453 e. The van der Waals surface area contributed by atoms with Crippen LogP contribution in [0.15, 0.2) is 28.7 Å². The van der Waals surface area contributed by atoms with Gasteiger partial charge in [0.25, 0.3) is 5.69 Å². The number of aromatic nitrogens is 1. The first-order chi connectivity index (χ1) is 11.3. The topological polar surface area (TPSA) is 106 Å². The van der Waals surface area contributed by atoms with Crippen LogP contribution in [0.2, 0.25) is 0 Å². The standard InChI is InChI=1S/C17H14N2O5/c1-8-15(10(3)20)9(2)18-16(8)17(21)14-7-11-6-12(19(22)23)4-5-13(11)24-14/h4-7,18H,1-3H3. The van der Waals surface area contributed by atoms with Gasteiger partial charge in [-0.2, -0.15) is 0 Å². The Morgan fingerprint density at radius 2 is 1.92 bits per heavy atom. The molecule has 7 heteroatoms. The fraction of sp³-hybridized carbons (Fsp3) is 0.176. The van der Waals surface area contributed by atoms with Gasteiger partial charge in [-0.15, -0.1) is 0 Å². The van der Waals surface area contributed by atoms with Crippen molar-refractivity contribution in [1.82, 2.24) is 4.98 Å². The number of nitro benzene ring substituents is 1. The summed E-state index contributed by atoms with van der Waals surface area (Å²) in [7, 11) is 0. The second-order valence-corrected chi connectivity index (χ2v) is 5.60. The van der Waals surface area contributed by atoms with Crippen molar-refractivity contribution < 1.29 is 18.9 Å². The lowest BCUT2D eigenvalue weighted by Gasteiger charge is -1.97. The van der Waals surface area contributed by atoms with E-state index in [1.165, 1.54) is 31.2 Å². The van der Waals surface area contributed by atoms with Gasteiger partial charge >= 0.3 is 0 Å². The van der Waals surface area contributed by atoms with Crippen molar-refractivity contribution in [2.24, 2.45) is 0 Å². The SMILES string of the molecule is CC(=O)c1c(C)[nH]c(C(=O)c2cc3cc([N+](=O)[O-])ccc3o2)c1C. The van der Waals surface area contributed by atoms with E-state index in [0.29, 0.717) is 27.8 Å². The number of aryl methyl sites for hydroxylation is 1. The Labute approximate surface area is 136 Å². The molecule has 7 nitrogen and oxygen atoms in total. The zero-order valence-electron chi connectivity index (χ0n) is 13.3. The number of Topliss-reactive ketones (excluding diaryl/α,β-unsaturated/α-hetero) is 1. The molecular formula is C17H14N2O5. The van der Waals surface area contributed by atoms with Crippen LogP contribution in [0.4, 0.5) is 5.69 Å². The first-order valence-electron chi connectivity index (χ1n) is 7.22. The van der Waals surface area contributed by atoms with E-state index in [9.17, 15) is 19.7 Å². The third-order valence-electron chi connectivity index (χ3n) is 3.95. The number of H-pyrrole nitrogens is 1. The number of carbonyl (C=O) groups is 2. The molecule has 0 radical (unpaired) electrons. The number of non-ortho nitro benzene ring substituents is 1. The highest BCUT2D eigenvalue weighted by Gasteiger charge is 2.23. The van der Waals surface area contributed by atoms with Crippen molar-refractivity contribution in [2.45, 2.75) is 20.8 Å². The number of hydrogen-bond donors (Lipinski definition) is 1. The molecule has 1 N–H and O–H groups in total. The summed E-state index contributed by atoms with van der Waals surface area (Å²) in [6.45, 7) is 4.86. The molecule has 1 aromatic carbocycles. The maximum Gasteiger partial charge on any atom is 0.270 e. The number of ketones is 2. The smallest absolute Gasteiger partial charge is 0.270 e. The number of furan rings is 1. The first kappa shape index (κ1) is 15.7. The van der Waals surface area contributed by atoms with Crippen LogP contribution in [-0.4, -0.2) is 21.5 Å². The van der Waals surface area contributed by atoms with Crippen molar-refractivity contribution in [3.05, 3.63) is 62.7 Å². The second kappa shape index (κ2) is 5.45. The summed E-state index contributed by atoms with van der Waals surface area (Å²) in [4.78, 5) is 37.6. The number of benzene rings is 1. The number of carbonyl (C=O) groups excluding carboxylic acids is 2. The largest absolute Gasteiger partial charge is 0.453 e. The zero-order valence-corrected chi connectivity index (χ0v) is 13.3. The number of nitrogens with zero attached hydrogens (tertiary/aromatic N) is 1. The Kier molecular flexibility index (Phi) is 3.56. The molecule has 24 heavy (non-hydrogen) atoms. The fourth-order valence-electron chi connectivity index (χ4n) is 2.88. The molecule has 0 saturated heterocycles. The summed E-state index contributed by atoms with van der Waals surface area (Å²) in [6.07, 6.45) is 0. The van der Waals surface area contributed by atoms with Crippen molar-refractivity contribution >= 4 is 28.2 Å². The summed E-state index contributed by atoms with van der Waals surface area (Å²) in [6, 6.07) is 5.59. The Morgan fingerprint density at radius 1 is 1.21 bits per heavy atom. The number of hydrogen-bond acceptors (Lipinski definition) is 5. The highest BCUT2D eigenvalue weighted by Crippen LogP contribution is 2.27. The van der Waals surface area contributed by atoms with Crippen molar-refractivity contribution in [2.75, 3.05) is 0 Å². The van der Waals surface area contributed by atoms with Gasteiger partial charge in [-0.25, -0.2) is 0 Å². The second-order valence-electron chi connectivity index (χ2n) is 5.60. The van der Waals surface area contributed by atoms with Gasteiger partial charge in [0.2, 0.25) is 5.78 Å². The number of aromatic amines is 1. The Morgan fingerprint density at radius 3 is 2.50 bits per heavy atom. The van der Waals surface area contributed by atoms with E-state index in [1.54, 1.807) is 13.8 Å². The van der Waals surface area contributed by atoms with Crippen molar-refractivity contribution in [3.63, 3.8) is 0 Å². The lowest BCUT2D eigenvalue weighted by molar-refractivity contribution is -0.384. The molecule has 2 aromatic heterocycles.